The van der Waals surface area contributed by atoms with Crippen molar-refractivity contribution in [1.82, 2.24) is 4.90 Å². The molecule has 0 amide bonds. The molecule has 1 aliphatic carbocycles. The van der Waals surface area contributed by atoms with E-state index in [9.17, 15) is 0 Å². The molecule has 1 heteroatoms. The Balaban J connectivity index is 1.37. The van der Waals surface area contributed by atoms with Gasteiger partial charge in [-0.15, -0.1) is 0 Å². The van der Waals surface area contributed by atoms with Crippen molar-refractivity contribution < 1.29 is 0 Å². The zero-order valence-corrected chi connectivity index (χ0v) is 24.1. The standard InChI is InChI=1S/C35H53N/c1-28-13-12-25-36(28)26-24-29-16-18-30(19-17-29)31-20-22-33(23-21-31)35(4,5)27-34(2,3)32-14-10-8-6-7-9-11-15-32/h16-23,28,32H,6-15,24-27H2,1-5H3. The number of nitrogens with zero attached hydrogens (tertiary/aromatic N) is 1. The van der Waals surface area contributed by atoms with Crippen LogP contribution in [0.4, 0.5) is 0 Å². The Morgan fingerprint density at radius 3 is 1.81 bits per heavy atom. The summed E-state index contributed by atoms with van der Waals surface area (Å²) in [7, 11) is 0. The molecule has 2 fully saturated rings. The molecular weight excluding hydrogens is 434 g/mol. The highest BCUT2D eigenvalue weighted by atomic mass is 15.2. The smallest absolute Gasteiger partial charge is 0.00675 e. The Morgan fingerprint density at radius 2 is 1.25 bits per heavy atom. The maximum absolute atomic E-state index is 2.65. The topological polar surface area (TPSA) is 3.24 Å². The molecule has 1 unspecified atom stereocenters. The summed E-state index contributed by atoms with van der Waals surface area (Å²) >= 11 is 0. The lowest BCUT2D eigenvalue weighted by Crippen LogP contribution is -2.32. The second-order valence-corrected chi connectivity index (χ2v) is 13.5. The van der Waals surface area contributed by atoms with Crippen LogP contribution in [-0.4, -0.2) is 24.0 Å². The Labute approximate surface area is 223 Å². The molecule has 0 N–H and O–H groups in total. The summed E-state index contributed by atoms with van der Waals surface area (Å²) in [6.45, 7) is 14.9. The van der Waals surface area contributed by atoms with Gasteiger partial charge in [0, 0.05) is 12.6 Å². The van der Waals surface area contributed by atoms with Crippen molar-refractivity contribution in [2.45, 2.75) is 123 Å². The van der Waals surface area contributed by atoms with Crippen LogP contribution in [0, 0.1) is 11.3 Å². The highest BCUT2D eigenvalue weighted by Gasteiger charge is 2.35. The predicted molar refractivity (Wildman–Crippen MR) is 158 cm³/mol. The molecule has 36 heavy (non-hydrogen) atoms. The van der Waals surface area contributed by atoms with Crippen LogP contribution >= 0.6 is 0 Å². The fourth-order valence-electron chi connectivity index (χ4n) is 7.38. The molecule has 0 bridgehead atoms. The SMILES string of the molecule is CC1CCCN1CCc1ccc(-c2ccc(C(C)(C)CC(C)(C)C3CCCCCCCC3)cc2)cc1. The molecule has 198 valence electrons. The first-order valence-corrected chi connectivity index (χ1v) is 15.2. The van der Waals surface area contributed by atoms with Gasteiger partial charge < -0.3 is 4.90 Å². The third-order valence-corrected chi connectivity index (χ3v) is 9.69. The first-order chi connectivity index (χ1) is 17.2. The zero-order valence-electron chi connectivity index (χ0n) is 24.1. The van der Waals surface area contributed by atoms with E-state index in [1.54, 1.807) is 0 Å². The molecule has 0 radical (unpaired) electrons. The third-order valence-electron chi connectivity index (χ3n) is 9.69. The average molecular weight is 488 g/mol. The van der Waals surface area contributed by atoms with E-state index in [0.29, 0.717) is 5.41 Å². The zero-order chi connectivity index (χ0) is 25.6. The van der Waals surface area contributed by atoms with E-state index in [2.05, 4.69) is 88.0 Å². The summed E-state index contributed by atoms with van der Waals surface area (Å²) in [5.41, 5.74) is 6.20. The minimum absolute atomic E-state index is 0.191. The summed E-state index contributed by atoms with van der Waals surface area (Å²) in [6.07, 6.45) is 16.6. The highest BCUT2D eigenvalue weighted by Crippen LogP contribution is 2.45. The van der Waals surface area contributed by atoms with E-state index < -0.39 is 0 Å². The van der Waals surface area contributed by atoms with E-state index in [1.165, 1.54) is 106 Å². The van der Waals surface area contributed by atoms with Crippen LogP contribution in [0.15, 0.2) is 48.5 Å². The molecule has 1 saturated carbocycles. The molecule has 0 spiro atoms. The van der Waals surface area contributed by atoms with Crippen LogP contribution in [0.2, 0.25) is 0 Å². The predicted octanol–water partition coefficient (Wildman–Crippen LogP) is 9.82. The monoisotopic (exact) mass is 487 g/mol. The molecule has 2 aromatic rings. The Hall–Kier alpha value is -1.60. The quantitative estimate of drug-likeness (QED) is 0.358. The maximum atomic E-state index is 2.65. The molecule has 1 atom stereocenters. The normalized spacial score (nSPS) is 21.2. The Bertz CT molecular complexity index is 910. The van der Waals surface area contributed by atoms with E-state index in [4.69, 9.17) is 0 Å². The van der Waals surface area contributed by atoms with E-state index >= 15 is 0 Å². The van der Waals surface area contributed by atoms with Crippen molar-refractivity contribution in [1.29, 1.82) is 0 Å². The lowest BCUT2D eigenvalue weighted by molar-refractivity contribution is 0.134. The van der Waals surface area contributed by atoms with Crippen molar-refractivity contribution in [3.63, 3.8) is 0 Å². The molecule has 1 aliphatic heterocycles. The summed E-state index contributed by atoms with van der Waals surface area (Å²) in [5.74, 6) is 0.862. The van der Waals surface area contributed by atoms with Gasteiger partial charge in [-0.2, -0.15) is 0 Å². The summed E-state index contributed by atoms with van der Waals surface area (Å²) in [6, 6.07) is 19.6. The fourth-order valence-corrected chi connectivity index (χ4v) is 7.38. The number of benzene rings is 2. The van der Waals surface area contributed by atoms with Gasteiger partial charge in [0.05, 0.1) is 0 Å². The highest BCUT2D eigenvalue weighted by molar-refractivity contribution is 5.64. The maximum Gasteiger partial charge on any atom is 0.00675 e. The van der Waals surface area contributed by atoms with Crippen LogP contribution in [0.1, 0.15) is 116 Å². The third kappa shape index (κ3) is 7.25. The lowest BCUT2D eigenvalue weighted by Gasteiger charge is -2.41. The van der Waals surface area contributed by atoms with Crippen LogP contribution in [0.25, 0.3) is 11.1 Å². The van der Waals surface area contributed by atoms with Crippen LogP contribution in [0.5, 0.6) is 0 Å². The van der Waals surface area contributed by atoms with E-state index in [-0.39, 0.29) is 5.41 Å². The van der Waals surface area contributed by atoms with Gasteiger partial charge in [0.25, 0.3) is 0 Å². The van der Waals surface area contributed by atoms with Crippen molar-refractivity contribution in [3.8, 4) is 11.1 Å². The average Bonchev–Trinajstić information content (AvgIpc) is 3.32. The van der Waals surface area contributed by atoms with Gasteiger partial charge in [-0.3, -0.25) is 0 Å². The molecule has 1 heterocycles. The Morgan fingerprint density at radius 1 is 0.694 bits per heavy atom. The number of hydrogen-bond acceptors (Lipinski definition) is 1. The van der Waals surface area contributed by atoms with Crippen LogP contribution < -0.4 is 0 Å². The number of likely N-dealkylation sites (tertiary alicyclic amines) is 1. The van der Waals surface area contributed by atoms with Crippen molar-refractivity contribution in [2.24, 2.45) is 11.3 Å². The lowest BCUT2D eigenvalue weighted by atomic mass is 9.64. The van der Waals surface area contributed by atoms with Gasteiger partial charge in [-0.1, -0.05) is 115 Å². The van der Waals surface area contributed by atoms with Crippen molar-refractivity contribution in [2.75, 3.05) is 13.1 Å². The molecule has 1 nitrogen and oxygen atoms in total. The fraction of sp³-hybridized carbons (Fsp3) is 0.657. The van der Waals surface area contributed by atoms with Gasteiger partial charge in [-0.05, 0) is 91.0 Å². The van der Waals surface area contributed by atoms with E-state index in [1.807, 2.05) is 0 Å². The Kier molecular flexibility index (Phi) is 9.37. The minimum atomic E-state index is 0.191. The molecule has 4 rings (SSSR count). The van der Waals surface area contributed by atoms with Crippen molar-refractivity contribution in [3.05, 3.63) is 59.7 Å². The molecule has 0 aromatic heterocycles. The van der Waals surface area contributed by atoms with Gasteiger partial charge in [0.15, 0.2) is 0 Å². The van der Waals surface area contributed by atoms with E-state index in [0.717, 1.165) is 18.4 Å². The first kappa shape index (κ1) is 27.4. The van der Waals surface area contributed by atoms with Crippen molar-refractivity contribution >= 4 is 0 Å². The largest absolute Gasteiger partial charge is 0.300 e. The second kappa shape index (κ2) is 12.3. The van der Waals surface area contributed by atoms with Crippen LogP contribution in [-0.2, 0) is 11.8 Å². The summed E-state index contributed by atoms with van der Waals surface area (Å²) in [4.78, 5) is 2.65. The van der Waals surface area contributed by atoms with Gasteiger partial charge in [0.2, 0.25) is 0 Å². The second-order valence-electron chi connectivity index (χ2n) is 13.5. The molecule has 2 aliphatic rings. The summed E-state index contributed by atoms with van der Waals surface area (Å²) in [5, 5.41) is 0. The van der Waals surface area contributed by atoms with Gasteiger partial charge >= 0.3 is 0 Å². The van der Waals surface area contributed by atoms with Gasteiger partial charge in [0.1, 0.15) is 0 Å². The number of hydrogen-bond donors (Lipinski definition) is 0. The number of rotatable bonds is 8. The molecular formula is C35H53N. The summed E-state index contributed by atoms with van der Waals surface area (Å²) < 4.78 is 0. The van der Waals surface area contributed by atoms with Gasteiger partial charge in [-0.25, -0.2) is 0 Å². The minimum Gasteiger partial charge on any atom is -0.300 e. The molecule has 1 saturated heterocycles. The van der Waals surface area contributed by atoms with Crippen LogP contribution in [0.3, 0.4) is 0 Å². The first-order valence-electron chi connectivity index (χ1n) is 15.2. The molecule has 2 aromatic carbocycles.